The molecule has 82 valence electrons. The van der Waals surface area contributed by atoms with Crippen LogP contribution in [0, 0.1) is 11.3 Å². The molecule has 0 aliphatic carbocycles. The fraction of sp³-hybridized carbons (Fsp3) is 0.909. The van der Waals surface area contributed by atoms with E-state index in [-0.39, 0.29) is 0 Å². The zero-order valence-corrected chi connectivity index (χ0v) is 9.55. The number of nitriles is 1. The van der Waals surface area contributed by atoms with Gasteiger partial charge in [-0.1, -0.05) is 19.8 Å². The monoisotopic (exact) mass is 197 g/mol. The third kappa shape index (κ3) is 8.03. The van der Waals surface area contributed by atoms with Crippen LogP contribution in [0.1, 0.15) is 33.1 Å². The summed E-state index contributed by atoms with van der Waals surface area (Å²) in [6.45, 7) is 9.89. The van der Waals surface area contributed by atoms with Crippen molar-refractivity contribution in [2.24, 2.45) is 0 Å². The number of piperazine rings is 1. The van der Waals surface area contributed by atoms with Gasteiger partial charge >= 0.3 is 0 Å². The van der Waals surface area contributed by atoms with Crippen molar-refractivity contribution in [3.8, 4) is 6.07 Å². The van der Waals surface area contributed by atoms with Gasteiger partial charge in [-0.3, -0.25) is 0 Å². The van der Waals surface area contributed by atoms with Crippen LogP contribution in [0.5, 0.6) is 0 Å². The lowest BCUT2D eigenvalue weighted by Crippen LogP contribution is -2.43. The summed E-state index contributed by atoms with van der Waals surface area (Å²) in [5, 5.41) is 10.7. The maximum absolute atomic E-state index is 7.32. The van der Waals surface area contributed by atoms with Crippen molar-refractivity contribution in [3.05, 3.63) is 0 Å². The summed E-state index contributed by atoms with van der Waals surface area (Å²) in [7, 11) is 0. The SMILES string of the molecule is CC#N.CCCCCN1CCNCC1. The zero-order chi connectivity index (χ0) is 10.6. The number of rotatable bonds is 4. The maximum atomic E-state index is 7.32. The number of hydrogen-bond acceptors (Lipinski definition) is 3. The largest absolute Gasteiger partial charge is 0.314 e. The van der Waals surface area contributed by atoms with Crippen molar-refractivity contribution in [2.45, 2.75) is 33.1 Å². The molecule has 3 heteroatoms. The summed E-state index contributed by atoms with van der Waals surface area (Å²) in [6.07, 6.45) is 4.12. The molecule has 0 saturated carbocycles. The highest BCUT2D eigenvalue weighted by Gasteiger charge is 2.07. The van der Waals surface area contributed by atoms with E-state index in [1.165, 1.54) is 58.9 Å². The van der Waals surface area contributed by atoms with Crippen LogP contribution in [0.3, 0.4) is 0 Å². The molecule has 0 unspecified atom stereocenters. The van der Waals surface area contributed by atoms with Gasteiger partial charge in [0.15, 0.2) is 0 Å². The Kier molecular flexibility index (Phi) is 10.0. The zero-order valence-electron chi connectivity index (χ0n) is 9.55. The number of hydrogen-bond donors (Lipinski definition) is 1. The van der Waals surface area contributed by atoms with Crippen LogP contribution >= 0.6 is 0 Å². The molecule has 1 fully saturated rings. The van der Waals surface area contributed by atoms with E-state index in [1.54, 1.807) is 6.07 Å². The fourth-order valence-electron chi connectivity index (χ4n) is 1.52. The van der Waals surface area contributed by atoms with E-state index >= 15 is 0 Å². The van der Waals surface area contributed by atoms with Gasteiger partial charge in [0.05, 0.1) is 6.07 Å². The van der Waals surface area contributed by atoms with Crippen molar-refractivity contribution >= 4 is 0 Å². The van der Waals surface area contributed by atoms with Gasteiger partial charge in [0.1, 0.15) is 0 Å². The van der Waals surface area contributed by atoms with Gasteiger partial charge < -0.3 is 10.2 Å². The van der Waals surface area contributed by atoms with Gasteiger partial charge in [-0.05, 0) is 13.0 Å². The van der Waals surface area contributed by atoms with Gasteiger partial charge in [-0.15, -0.1) is 0 Å². The Bertz CT molecular complexity index is 145. The van der Waals surface area contributed by atoms with Crippen molar-refractivity contribution in [1.82, 2.24) is 10.2 Å². The first-order valence-electron chi connectivity index (χ1n) is 5.59. The first kappa shape index (κ1) is 13.4. The number of nitrogens with zero attached hydrogens (tertiary/aromatic N) is 2. The summed E-state index contributed by atoms with van der Waals surface area (Å²) in [6, 6.07) is 1.75. The summed E-state index contributed by atoms with van der Waals surface area (Å²) in [5.41, 5.74) is 0. The molecule has 1 aliphatic heterocycles. The van der Waals surface area contributed by atoms with Crippen LogP contribution in [-0.4, -0.2) is 37.6 Å². The molecule has 0 bridgehead atoms. The molecule has 1 saturated heterocycles. The Morgan fingerprint density at radius 3 is 2.36 bits per heavy atom. The van der Waals surface area contributed by atoms with Crippen molar-refractivity contribution in [1.29, 1.82) is 5.26 Å². The van der Waals surface area contributed by atoms with Crippen LogP contribution in [0.2, 0.25) is 0 Å². The number of unbranched alkanes of at least 4 members (excludes halogenated alkanes) is 2. The minimum Gasteiger partial charge on any atom is -0.314 e. The Morgan fingerprint density at radius 1 is 1.29 bits per heavy atom. The van der Waals surface area contributed by atoms with Crippen LogP contribution in [0.4, 0.5) is 0 Å². The lowest BCUT2D eigenvalue weighted by molar-refractivity contribution is 0.236. The van der Waals surface area contributed by atoms with E-state index in [0.717, 1.165) is 0 Å². The fourth-order valence-corrected chi connectivity index (χ4v) is 1.52. The average Bonchev–Trinajstić information content (AvgIpc) is 2.21. The Labute approximate surface area is 88.1 Å². The second-order valence-corrected chi connectivity index (χ2v) is 3.52. The summed E-state index contributed by atoms with van der Waals surface area (Å²) in [5.74, 6) is 0. The average molecular weight is 197 g/mol. The molecule has 1 rings (SSSR count). The second-order valence-electron chi connectivity index (χ2n) is 3.52. The standard InChI is InChI=1S/C9H20N2.C2H3N/c1-2-3-4-7-11-8-5-10-6-9-11;1-2-3/h10H,2-9H2,1H3;1H3. The van der Waals surface area contributed by atoms with Crippen molar-refractivity contribution in [3.63, 3.8) is 0 Å². The Balaban J connectivity index is 0.000000500. The molecular weight excluding hydrogens is 174 g/mol. The molecule has 0 amide bonds. The van der Waals surface area contributed by atoms with E-state index in [4.69, 9.17) is 5.26 Å². The predicted octanol–water partition coefficient (Wildman–Crippen LogP) is 1.61. The molecule has 3 nitrogen and oxygen atoms in total. The van der Waals surface area contributed by atoms with E-state index < -0.39 is 0 Å². The number of nitrogens with one attached hydrogen (secondary N) is 1. The minimum atomic E-state index is 1.19. The first-order valence-corrected chi connectivity index (χ1v) is 5.59. The van der Waals surface area contributed by atoms with Gasteiger partial charge in [-0.25, -0.2) is 0 Å². The lowest BCUT2D eigenvalue weighted by Gasteiger charge is -2.26. The van der Waals surface area contributed by atoms with E-state index in [1.807, 2.05) is 0 Å². The molecule has 0 atom stereocenters. The minimum absolute atomic E-state index is 1.19. The quantitative estimate of drug-likeness (QED) is 0.696. The molecule has 0 aromatic heterocycles. The van der Waals surface area contributed by atoms with Crippen LogP contribution in [0.15, 0.2) is 0 Å². The van der Waals surface area contributed by atoms with Crippen LogP contribution in [-0.2, 0) is 0 Å². The first-order chi connectivity index (χ1) is 6.85. The predicted molar refractivity (Wildman–Crippen MR) is 60.1 cm³/mol. The third-order valence-electron chi connectivity index (χ3n) is 2.29. The lowest BCUT2D eigenvalue weighted by atomic mass is 10.2. The molecular formula is C11H23N3. The Morgan fingerprint density at radius 2 is 1.86 bits per heavy atom. The van der Waals surface area contributed by atoms with Gasteiger partial charge in [0.2, 0.25) is 0 Å². The molecule has 14 heavy (non-hydrogen) atoms. The van der Waals surface area contributed by atoms with Gasteiger partial charge in [0, 0.05) is 33.1 Å². The second kappa shape index (κ2) is 10.5. The molecule has 0 aromatic carbocycles. The van der Waals surface area contributed by atoms with Gasteiger partial charge in [-0.2, -0.15) is 5.26 Å². The molecule has 1 aliphatic rings. The highest BCUT2D eigenvalue weighted by Crippen LogP contribution is 1.98. The molecule has 0 aromatic rings. The van der Waals surface area contributed by atoms with Crippen LogP contribution in [0.25, 0.3) is 0 Å². The summed E-state index contributed by atoms with van der Waals surface area (Å²) < 4.78 is 0. The smallest absolute Gasteiger partial charge is 0.0587 e. The van der Waals surface area contributed by atoms with E-state index in [2.05, 4.69) is 17.1 Å². The maximum Gasteiger partial charge on any atom is 0.0587 e. The van der Waals surface area contributed by atoms with E-state index in [9.17, 15) is 0 Å². The van der Waals surface area contributed by atoms with Crippen molar-refractivity contribution < 1.29 is 0 Å². The Hall–Kier alpha value is -0.590. The molecule has 1 heterocycles. The van der Waals surface area contributed by atoms with Gasteiger partial charge in [0.25, 0.3) is 0 Å². The topological polar surface area (TPSA) is 39.1 Å². The molecule has 0 spiro atoms. The van der Waals surface area contributed by atoms with Crippen molar-refractivity contribution in [2.75, 3.05) is 32.7 Å². The normalized spacial score (nSPS) is 16.6. The van der Waals surface area contributed by atoms with Crippen LogP contribution < -0.4 is 5.32 Å². The molecule has 0 radical (unpaired) electrons. The molecule has 1 N–H and O–H groups in total. The third-order valence-corrected chi connectivity index (χ3v) is 2.29. The highest BCUT2D eigenvalue weighted by atomic mass is 15.2. The summed E-state index contributed by atoms with van der Waals surface area (Å²) in [4.78, 5) is 2.56. The van der Waals surface area contributed by atoms with E-state index in [0.29, 0.717) is 0 Å². The summed E-state index contributed by atoms with van der Waals surface area (Å²) >= 11 is 0. The highest BCUT2D eigenvalue weighted by molar-refractivity contribution is 4.66.